The van der Waals surface area contributed by atoms with Gasteiger partial charge in [0.2, 0.25) is 0 Å². The van der Waals surface area contributed by atoms with Crippen molar-refractivity contribution in [2.75, 3.05) is 13.1 Å². The first kappa shape index (κ1) is 10.3. The highest BCUT2D eigenvalue weighted by molar-refractivity contribution is 5.29. The second kappa shape index (κ2) is 16.2. The third-order valence-electron chi connectivity index (χ3n) is 0.500. The van der Waals surface area contributed by atoms with E-state index in [1.165, 1.54) is 6.01 Å². The minimum atomic E-state index is 1.09. The zero-order valence-corrected chi connectivity index (χ0v) is 5.41. The Morgan fingerprint density at radius 2 is 1.50 bits per heavy atom. The van der Waals surface area contributed by atoms with Crippen LogP contribution in [-0.2, 0) is 0 Å². The van der Waals surface area contributed by atoms with Crippen LogP contribution >= 0.6 is 0 Å². The first-order valence-electron chi connectivity index (χ1n) is 2.62. The number of hydrogen-bond donors (Lipinski definition) is 3. The van der Waals surface area contributed by atoms with Crippen molar-refractivity contribution in [3.8, 4) is 0 Å². The molecule has 0 radical (unpaired) electrons. The van der Waals surface area contributed by atoms with Crippen molar-refractivity contribution in [2.45, 2.75) is 13.8 Å². The summed E-state index contributed by atoms with van der Waals surface area (Å²) in [4.78, 5) is 0. The fraction of sp³-hybridized carbons (Fsp3) is 0.800. The van der Waals surface area contributed by atoms with Crippen molar-refractivity contribution >= 4 is 6.01 Å². The van der Waals surface area contributed by atoms with Gasteiger partial charge in [-0.25, -0.2) is 10.8 Å². The van der Waals surface area contributed by atoms with Gasteiger partial charge in [0.25, 0.3) is 0 Å². The van der Waals surface area contributed by atoms with E-state index < -0.39 is 0 Å². The Balaban J connectivity index is 0. The highest BCUT2D eigenvalue weighted by Crippen LogP contribution is 1.47. The first-order chi connectivity index (χ1) is 3.83. The molecule has 0 aliphatic heterocycles. The van der Waals surface area contributed by atoms with E-state index in [1.807, 2.05) is 0 Å². The Kier molecular flexibility index (Phi) is 21.0. The molecule has 48 valence electrons. The van der Waals surface area contributed by atoms with Gasteiger partial charge in [-0.05, 0) is 13.1 Å². The molecule has 8 heavy (non-hydrogen) atoms. The molecule has 0 fully saturated rings. The molecule has 0 saturated carbocycles. The van der Waals surface area contributed by atoms with Crippen molar-refractivity contribution < 1.29 is 0 Å². The normalized spacial score (nSPS) is 6.25. The van der Waals surface area contributed by atoms with E-state index in [0.29, 0.717) is 0 Å². The largest absolute Gasteiger partial charge is 0.317 e. The molecule has 0 spiro atoms. The van der Waals surface area contributed by atoms with Crippen LogP contribution in [0.15, 0.2) is 0 Å². The molecule has 3 heteroatoms. The van der Waals surface area contributed by atoms with E-state index in [0.717, 1.165) is 13.1 Å². The quantitative estimate of drug-likeness (QED) is 0.461. The zero-order valence-electron chi connectivity index (χ0n) is 5.41. The third-order valence-corrected chi connectivity index (χ3v) is 0.500. The third kappa shape index (κ3) is 56.0. The van der Waals surface area contributed by atoms with Gasteiger partial charge in [-0.15, -0.1) is 0 Å². The molecule has 0 unspecified atom stereocenters. The molecule has 0 aliphatic carbocycles. The first-order valence-corrected chi connectivity index (χ1v) is 2.62. The summed E-state index contributed by atoms with van der Waals surface area (Å²) >= 11 is 0. The molecule has 0 atom stereocenters. The number of hydrogen-bond acceptors (Lipinski definition) is 3. The van der Waals surface area contributed by atoms with Gasteiger partial charge in [-0.3, -0.25) is 0 Å². The SMILES string of the molecule is CCNCC.N=C=N. The second-order valence-electron chi connectivity index (χ2n) is 1.08. The molecule has 3 nitrogen and oxygen atoms in total. The van der Waals surface area contributed by atoms with Gasteiger partial charge >= 0.3 is 0 Å². The van der Waals surface area contributed by atoms with E-state index in [1.54, 1.807) is 0 Å². The summed E-state index contributed by atoms with van der Waals surface area (Å²) in [5, 5.41) is 14.4. The molecule has 3 N–H and O–H groups in total. The Labute approximate surface area is 50.1 Å². The Morgan fingerprint density at radius 1 is 1.25 bits per heavy atom. The fourth-order valence-corrected chi connectivity index (χ4v) is 0.250. The summed E-state index contributed by atoms with van der Waals surface area (Å²) in [6, 6.07) is 1.25. The predicted octanol–water partition coefficient (Wildman–Crippen LogP) is 0.934. The Hall–Kier alpha value is -0.660. The molecule has 0 rings (SSSR count). The Morgan fingerprint density at radius 3 is 1.50 bits per heavy atom. The molecular formula is C5H13N3. The summed E-state index contributed by atoms with van der Waals surface area (Å²) < 4.78 is 0. The van der Waals surface area contributed by atoms with Gasteiger partial charge in [0.05, 0.1) is 6.01 Å². The van der Waals surface area contributed by atoms with Gasteiger partial charge in [0.15, 0.2) is 0 Å². The van der Waals surface area contributed by atoms with Crippen LogP contribution in [0.5, 0.6) is 0 Å². The van der Waals surface area contributed by atoms with Crippen LogP contribution in [0, 0.1) is 10.8 Å². The summed E-state index contributed by atoms with van der Waals surface area (Å²) in [6.45, 7) is 6.39. The highest BCUT2D eigenvalue weighted by atomic mass is 14.8. The van der Waals surface area contributed by atoms with E-state index in [9.17, 15) is 0 Å². The average molecular weight is 115 g/mol. The van der Waals surface area contributed by atoms with Gasteiger partial charge in [0, 0.05) is 0 Å². The molecule has 0 aromatic heterocycles. The highest BCUT2D eigenvalue weighted by Gasteiger charge is 1.62. The lowest BCUT2D eigenvalue weighted by Gasteiger charge is -1.86. The zero-order chi connectivity index (χ0) is 6.83. The smallest absolute Gasteiger partial charge is 0.0831 e. The van der Waals surface area contributed by atoms with Crippen LogP contribution < -0.4 is 5.32 Å². The monoisotopic (exact) mass is 115 g/mol. The van der Waals surface area contributed by atoms with Crippen LogP contribution in [0.4, 0.5) is 0 Å². The maximum atomic E-state index is 5.62. The van der Waals surface area contributed by atoms with Crippen LogP contribution in [-0.4, -0.2) is 19.1 Å². The van der Waals surface area contributed by atoms with E-state index >= 15 is 0 Å². The van der Waals surface area contributed by atoms with Gasteiger partial charge in [-0.1, -0.05) is 13.8 Å². The fourth-order valence-electron chi connectivity index (χ4n) is 0.250. The number of nitrogens with one attached hydrogen (secondary N) is 3. The summed E-state index contributed by atoms with van der Waals surface area (Å²) in [5.41, 5.74) is 0. The summed E-state index contributed by atoms with van der Waals surface area (Å²) in [5.74, 6) is 0. The topological polar surface area (TPSA) is 59.7 Å². The standard InChI is InChI=1S/C4H11N.CH2N2/c1-3-5-4-2;2-1-3/h5H,3-4H2,1-2H3;2-3H. The van der Waals surface area contributed by atoms with Crippen LogP contribution in [0.2, 0.25) is 0 Å². The minimum absolute atomic E-state index is 1.09. The average Bonchev–Trinajstić information content (AvgIpc) is 1.71. The second-order valence-corrected chi connectivity index (χ2v) is 1.08. The minimum Gasteiger partial charge on any atom is -0.317 e. The molecule has 0 aliphatic rings. The molecule has 0 bridgehead atoms. The maximum Gasteiger partial charge on any atom is 0.0831 e. The lowest BCUT2D eigenvalue weighted by molar-refractivity contribution is 0.762. The lowest BCUT2D eigenvalue weighted by atomic mass is 10.7. The number of rotatable bonds is 2. The maximum absolute atomic E-state index is 5.62. The van der Waals surface area contributed by atoms with Crippen LogP contribution in [0.1, 0.15) is 13.8 Å². The van der Waals surface area contributed by atoms with Crippen molar-refractivity contribution in [3.63, 3.8) is 0 Å². The van der Waals surface area contributed by atoms with Crippen LogP contribution in [0.25, 0.3) is 0 Å². The van der Waals surface area contributed by atoms with Crippen molar-refractivity contribution in [1.82, 2.24) is 5.32 Å². The van der Waals surface area contributed by atoms with Crippen molar-refractivity contribution in [2.24, 2.45) is 0 Å². The molecule has 0 saturated heterocycles. The Bertz CT molecular complexity index is 52.7. The lowest BCUT2D eigenvalue weighted by Crippen LogP contribution is -2.09. The van der Waals surface area contributed by atoms with Gasteiger partial charge in [0.1, 0.15) is 0 Å². The molecule has 0 amide bonds. The van der Waals surface area contributed by atoms with Crippen LogP contribution in [0.3, 0.4) is 0 Å². The molecular weight excluding hydrogens is 102 g/mol. The molecule has 0 heterocycles. The molecule has 0 aromatic carbocycles. The van der Waals surface area contributed by atoms with E-state index in [2.05, 4.69) is 19.2 Å². The molecule has 0 aromatic rings. The van der Waals surface area contributed by atoms with E-state index in [-0.39, 0.29) is 0 Å². The van der Waals surface area contributed by atoms with Gasteiger partial charge in [-0.2, -0.15) is 0 Å². The summed E-state index contributed by atoms with van der Waals surface area (Å²) in [7, 11) is 0. The van der Waals surface area contributed by atoms with E-state index in [4.69, 9.17) is 10.8 Å². The van der Waals surface area contributed by atoms with Gasteiger partial charge < -0.3 is 5.32 Å². The predicted molar refractivity (Wildman–Crippen MR) is 34.7 cm³/mol. The van der Waals surface area contributed by atoms with Crippen molar-refractivity contribution in [1.29, 1.82) is 10.8 Å². The summed E-state index contributed by atoms with van der Waals surface area (Å²) in [6.07, 6.45) is 0. The van der Waals surface area contributed by atoms with Crippen molar-refractivity contribution in [3.05, 3.63) is 0 Å².